The number of aryl methyl sites for hydroxylation is 1. The first-order valence-electron chi connectivity index (χ1n) is 6.45. The standard InChI is InChI=1S/C13H10N2O2S.C2H6/c1-8-9(6-7-17-8)12(16)15-13-14-10-4-2-3-5-11(10)18-13;1-2/h2-7H,1H3,(H,14,15,16);1-2H3. The molecule has 0 aliphatic rings. The SMILES string of the molecule is CC.Cc1occc1C(=O)Nc1nc2ccccc2s1. The third-order valence-corrected chi connectivity index (χ3v) is 3.57. The van der Waals surface area contributed by atoms with Crippen molar-refractivity contribution in [1.29, 1.82) is 0 Å². The molecule has 2 aromatic heterocycles. The summed E-state index contributed by atoms with van der Waals surface area (Å²) in [6, 6.07) is 9.43. The lowest BCUT2D eigenvalue weighted by Gasteiger charge is -1.98. The van der Waals surface area contributed by atoms with Gasteiger partial charge in [0.15, 0.2) is 5.13 Å². The molecule has 0 unspecified atom stereocenters. The predicted octanol–water partition coefficient (Wildman–Crippen LogP) is 4.48. The number of carbonyl (C=O) groups is 1. The second-order valence-corrected chi connectivity index (χ2v) is 4.86. The predicted molar refractivity (Wildman–Crippen MR) is 82.4 cm³/mol. The van der Waals surface area contributed by atoms with Gasteiger partial charge in [0.25, 0.3) is 5.91 Å². The van der Waals surface area contributed by atoms with Gasteiger partial charge in [0.2, 0.25) is 0 Å². The molecule has 1 aromatic carbocycles. The van der Waals surface area contributed by atoms with Crippen molar-refractivity contribution in [2.45, 2.75) is 20.8 Å². The van der Waals surface area contributed by atoms with Crippen molar-refractivity contribution in [2.75, 3.05) is 5.32 Å². The Kier molecular flexibility index (Phi) is 4.53. The number of nitrogens with one attached hydrogen (secondary N) is 1. The van der Waals surface area contributed by atoms with Crippen LogP contribution in [0.4, 0.5) is 5.13 Å². The van der Waals surface area contributed by atoms with Gasteiger partial charge in [0.1, 0.15) is 5.76 Å². The van der Waals surface area contributed by atoms with Gasteiger partial charge in [-0.25, -0.2) is 4.98 Å². The first kappa shape index (κ1) is 14.3. The molecule has 1 N–H and O–H groups in total. The molecule has 5 heteroatoms. The summed E-state index contributed by atoms with van der Waals surface area (Å²) in [7, 11) is 0. The van der Waals surface area contributed by atoms with E-state index in [2.05, 4.69) is 10.3 Å². The van der Waals surface area contributed by atoms with Gasteiger partial charge in [0.05, 0.1) is 22.0 Å². The molecule has 0 aliphatic carbocycles. The van der Waals surface area contributed by atoms with E-state index >= 15 is 0 Å². The molecule has 0 spiro atoms. The minimum atomic E-state index is -0.194. The lowest BCUT2D eigenvalue weighted by atomic mass is 10.2. The van der Waals surface area contributed by atoms with Gasteiger partial charge in [-0.15, -0.1) is 0 Å². The Morgan fingerprint density at radius 3 is 2.65 bits per heavy atom. The fourth-order valence-corrected chi connectivity index (χ4v) is 2.57. The number of aromatic nitrogens is 1. The Labute approximate surface area is 121 Å². The van der Waals surface area contributed by atoms with E-state index in [9.17, 15) is 4.79 Å². The number of hydrogen-bond donors (Lipinski definition) is 1. The Balaban J connectivity index is 0.000000704. The molecule has 0 saturated heterocycles. The molecule has 3 aromatic rings. The zero-order valence-corrected chi connectivity index (χ0v) is 12.5. The molecule has 20 heavy (non-hydrogen) atoms. The number of hydrogen-bond acceptors (Lipinski definition) is 4. The molecule has 0 radical (unpaired) electrons. The van der Waals surface area contributed by atoms with Gasteiger partial charge in [-0.3, -0.25) is 10.1 Å². The highest BCUT2D eigenvalue weighted by atomic mass is 32.1. The van der Waals surface area contributed by atoms with Crippen LogP contribution in [0.25, 0.3) is 10.2 Å². The Bertz CT molecular complexity index is 682. The van der Waals surface area contributed by atoms with Crippen LogP contribution in [0.15, 0.2) is 41.0 Å². The number of fused-ring (bicyclic) bond motifs is 1. The van der Waals surface area contributed by atoms with Gasteiger partial charge in [0, 0.05) is 0 Å². The van der Waals surface area contributed by atoms with E-state index in [0.717, 1.165) is 10.2 Å². The number of carbonyl (C=O) groups excluding carboxylic acids is 1. The average molecular weight is 288 g/mol. The summed E-state index contributed by atoms with van der Waals surface area (Å²) in [4.78, 5) is 16.3. The molecular weight excluding hydrogens is 272 g/mol. The van der Waals surface area contributed by atoms with Crippen LogP contribution in [0.3, 0.4) is 0 Å². The van der Waals surface area contributed by atoms with E-state index in [4.69, 9.17) is 4.42 Å². The summed E-state index contributed by atoms with van der Waals surface area (Å²) in [5.41, 5.74) is 1.43. The van der Waals surface area contributed by atoms with E-state index in [1.807, 2.05) is 38.1 Å². The second kappa shape index (κ2) is 6.34. The van der Waals surface area contributed by atoms with Crippen LogP contribution >= 0.6 is 11.3 Å². The van der Waals surface area contributed by atoms with Gasteiger partial charge < -0.3 is 4.42 Å². The largest absolute Gasteiger partial charge is 0.469 e. The third-order valence-electron chi connectivity index (χ3n) is 2.62. The van der Waals surface area contributed by atoms with Crippen molar-refractivity contribution in [1.82, 2.24) is 4.98 Å². The van der Waals surface area contributed by atoms with E-state index in [1.54, 1.807) is 13.0 Å². The number of benzene rings is 1. The Morgan fingerprint density at radius 2 is 2.00 bits per heavy atom. The smallest absolute Gasteiger partial charge is 0.260 e. The van der Waals surface area contributed by atoms with E-state index in [1.165, 1.54) is 17.6 Å². The number of thiazole rings is 1. The highest BCUT2D eigenvalue weighted by molar-refractivity contribution is 7.22. The second-order valence-electron chi connectivity index (χ2n) is 3.83. The van der Waals surface area contributed by atoms with E-state index in [0.29, 0.717) is 16.5 Å². The fraction of sp³-hybridized carbons (Fsp3) is 0.200. The van der Waals surface area contributed by atoms with Crippen molar-refractivity contribution in [3.8, 4) is 0 Å². The highest BCUT2D eigenvalue weighted by Gasteiger charge is 2.13. The molecule has 104 valence electrons. The lowest BCUT2D eigenvalue weighted by Crippen LogP contribution is -2.11. The number of anilines is 1. The molecule has 0 saturated carbocycles. The molecule has 2 heterocycles. The summed E-state index contributed by atoms with van der Waals surface area (Å²) in [5.74, 6) is 0.411. The maximum atomic E-state index is 12.0. The quantitative estimate of drug-likeness (QED) is 0.756. The summed E-state index contributed by atoms with van der Waals surface area (Å²) in [6.07, 6.45) is 1.50. The molecule has 0 atom stereocenters. The third kappa shape index (κ3) is 2.88. The van der Waals surface area contributed by atoms with Crippen molar-refractivity contribution in [3.05, 3.63) is 47.9 Å². The van der Waals surface area contributed by atoms with E-state index < -0.39 is 0 Å². The topological polar surface area (TPSA) is 55.1 Å². The number of furan rings is 1. The maximum absolute atomic E-state index is 12.0. The van der Waals surface area contributed by atoms with Crippen LogP contribution in [0, 0.1) is 6.92 Å². The normalized spacial score (nSPS) is 9.95. The summed E-state index contributed by atoms with van der Waals surface area (Å²) >= 11 is 1.46. The summed E-state index contributed by atoms with van der Waals surface area (Å²) in [5, 5.41) is 3.38. The maximum Gasteiger partial charge on any atom is 0.260 e. The Morgan fingerprint density at radius 1 is 1.25 bits per heavy atom. The zero-order valence-electron chi connectivity index (χ0n) is 11.6. The summed E-state index contributed by atoms with van der Waals surface area (Å²) < 4.78 is 6.16. The molecular formula is C15H16N2O2S. The van der Waals surface area contributed by atoms with Gasteiger partial charge in [-0.1, -0.05) is 37.3 Å². The van der Waals surface area contributed by atoms with Crippen molar-refractivity contribution in [2.24, 2.45) is 0 Å². The monoisotopic (exact) mass is 288 g/mol. The van der Waals surface area contributed by atoms with Gasteiger partial charge in [-0.05, 0) is 25.1 Å². The minimum absolute atomic E-state index is 0.194. The van der Waals surface area contributed by atoms with Crippen LogP contribution in [0.2, 0.25) is 0 Å². The van der Waals surface area contributed by atoms with Crippen molar-refractivity contribution >= 4 is 32.6 Å². The van der Waals surface area contributed by atoms with Crippen LogP contribution in [0.1, 0.15) is 30.0 Å². The first-order chi connectivity index (χ1) is 9.74. The molecule has 0 bridgehead atoms. The zero-order chi connectivity index (χ0) is 14.5. The number of para-hydroxylation sites is 1. The summed E-state index contributed by atoms with van der Waals surface area (Å²) in [6.45, 7) is 5.76. The van der Waals surface area contributed by atoms with Crippen LogP contribution < -0.4 is 5.32 Å². The molecule has 3 rings (SSSR count). The molecule has 1 amide bonds. The Hall–Kier alpha value is -2.14. The highest BCUT2D eigenvalue weighted by Crippen LogP contribution is 2.26. The first-order valence-corrected chi connectivity index (χ1v) is 7.27. The molecule has 0 fully saturated rings. The molecule has 4 nitrogen and oxygen atoms in total. The van der Waals surface area contributed by atoms with E-state index in [-0.39, 0.29) is 5.91 Å². The average Bonchev–Trinajstić information content (AvgIpc) is 3.06. The van der Waals surface area contributed by atoms with Crippen molar-refractivity contribution in [3.63, 3.8) is 0 Å². The molecule has 0 aliphatic heterocycles. The van der Waals surface area contributed by atoms with Gasteiger partial charge in [-0.2, -0.15) is 0 Å². The van der Waals surface area contributed by atoms with Crippen LogP contribution in [-0.2, 0) is 0 Å². The van der Waals surface area contributed by atoms with Gasteiger partial charge >= 0.3 is 0 Å². The van der Waals surface area contributed by atoms with Crippen LogP contribution in [0.5, 0.6) is 0 Å². The minimum Gasteiger partial charge on any atom is -0.469 e. The fourth-order valence-electron chi connectivity index (χ4n) is 1.71. The van der Waals surface area contributed by atoms with Crippen LogP contribution in [-0.4, -0.2) is 10.9 Å². The number of amides is 1. The lowest BCUT2D eigenvalue weighted by molar-refractivity contribution is 0.102. The number of rotatable bonds is 2. The number of nitrogens with zero attached hydrogens (tertiary/aromatic N) is 1. The van der Waals surface area contributed by atoms with Crippen molar-refractivity contribution < 1.29 is 9.21 Å².